The Kier molecular flexibility index (Phi) is 6.61. The summed E-state index contributed by atoms with van der Waals surface area (Å²) in [5.41, 5.74) is 0. The van der Waals surface area contributed by atoms with Crippen LogP contribution in [0.25, 0.3) is 0 Å². The summed E-state index contributed by atoms with van der Waals surface area (Å²) in [6.07, 6.45) is 4.25. The van der Waals surface area contributed by atoms with Crippen molar-refractivity contribution in [3.63, 3.8) is 0 Å². The molecule has 3 rings (SSSR count). The lowest BCUT2D eigenvalue weighted by Gasteiger charge is -2.34. The van der Waals surface area contributed by atoms with Crippen LogP contribution >= 0.6 is 0 Å². The Morgan fingerprint density at radius 1 is 0.857 bits per heavy atom. The van der Waals surface area contributed by atoms with Gasteiger partial charge in [0.15, 0.2) is 17.5 Å². The molecule has 0 atom stereocenters. The first-order chi connectivity index (χ1) is 13.3. The molecule has 0 radical (unpaired) electrons. The Hall–Kier alpha value is -1.65. The minimum absolute atomic E-state index is 0.0323. The van der Waals surface area contributed by atoms with Crippen LogP contribution < -0.4 is 0 Å². The first kappa shape index (κ1) is 21.1. The van der Waals surface area contributed by atoms with Gasteiger partial charge in [-0.25, -0.2) is 21.6 Å². The molecule has 2 heterocycles. The second kappa shape index (κ2) is 8.79. The molecule has 0 bridgehead atoms. The summed E-state index contributed by atoms with van der Waals surface area (Å²) < 4.78 is 66.6. The zero-order chi connectivity index (χ0) is 20.3. The monoisotopic (exact) mass is 419 g/mol. The van der Waals surface area contributed by atoms with Gasteiger partial charge in [0.05, 0.1) is 6.54 Å². The predicted octanol–water partition coefficient (Wildman–Crippen LogP) is 1.81. The molecule has 28 heavy (non-hydrogen) atoms. The van der Waals surface area contributed by atoms with Gasteiger partial charge in [0.1, 0.15) is 4.90 Å². The highest BCUT2D eigenvalue weighted by atomic mass is 32.2. The van der Waals surface area contributed by atoms with E-state index in [2.05, 4.69) is 0 Å². The number of likely N-dealkylation sites (tertiary alicyclic amines) is 1. The van der Waals surface area contributed by atoms with Gasteiger partial charge >= 0.3 is 0 Å². The molecule has 0 N–H and O–H groups in total. The average Bonchev–Trinajstić information content (AvgIpc) is 2.96. The van der Waals surface area contributed by atoms with Crippen molar-refractivity contribution in [3.8, 4) is 0 Å². The van der Waals surface area contributed by atoms with Crippen molar-refractivity contribution in [3.05, 3.63) is 29.6 Å². The zero-order valence-corrected chi connectivity index (χ0v) is 16.4. The van der Waals surface area contributed by atoms with Crippen LogP contribution in [0.1, 0.15) is 25.7 Å². The maximum atomic E-state index is 13.9. The highest BCUT2D eigenvalue weighted by Crippen LogP contribution is 2.24. The van der Waals surface area contributed by atoms with Gasteiger partial charge in [-0.1, -0.05) is 12.8 Å². The maximum absolute atomic E-state index is 13.9. The number of amides is 1. The number of rotatable bonds is 4. The Labute approximate surface area is 162 Å². The lowest BCUT2D eigenvalue weighted by atomic mass is 10.2. The van der Waals surface area contributed by atoms with Gasteiger partial charge in [-0.2, -0.15) is 4.31 Å². The first-order valence-electron chi connectivity index (χ1n) is 9.44. The Balaban J connectivity index is 1.60. The van der Waals surface area contributed by atoms with Crippen LogP contribution in [-0.4, -0.2) is 74.2 Å². The Morgan fingerprint density at radius 3 is 2.07 bits per heavy atom. The van der Waals surface area contributed by atoms with E-state index in [1.807, 2.05) is 9.80 Å². The minimum atomic E-state index is -4.28. The van der Waals surface area contributed by atoms with Crippen molar-refractivity contribution in [1.29, 1.82) is 0 Å². The van der Waals surface area contributed by atoms with E-state index >= 15 is 0 Å². The Bertz CT molecular complexity index is 819. The third-order valence-corrected chi connectivity index (χ3v) is 7.18. The van der Waals surface area contributed by atoms with E-state index in [4.69, 9.17) is 0 Å². The fourth-order valence-corrected chi connectivity index (χ4v) is 5.06. The van der Waals surface area contributed by atoms with E-state index in [1.165, 1.54) is 0 Å². The molecule has 2 saturated heterocycles. The highest BCUT2D eigenvalue weighted by Gasteiger charge is 2.33. The SMILES string of the molecule is O=C(CN1CCN(S(=O)(=O)c2ccc(F)c(F)c2F)CC1)N1CCCCCC1. The van der Waals surface area contributed by atoms with Crippen LogP contribution in [0.5, 0.6) is 0 Å². The normalized spacial score (nSPS) is 20.2. The number of carbonyl (C=O) groups excluding carboxylic acids is 1. The van der Waals surface area contributed by atoms with Gasteiger partial charge in [-0.3, -0.25) is 9.69 Å². The number of sulfonamides is 1. The molecule has 156 valence electrons. The molecule has 0 saturated carbocycles. The predicted molar refractivity (Wildman–Crippen MR) is 96.6 cm³/mol. The third-order valence-electron chi connectivity index (χ3n) is 5.27. The first-order valence-corrected chi connectivity index (χ1v) is 10.9. The topological polar surface area (TPSA) is 60.9 Å². The van der Waals surface area contributed by atoms with Crippen molar-refractivity contribution < 1.29 is 26.4 Å². The van der Waals surface area contributed by atoms with Crippen molar-refractivity contribution in [2.45, 2.75) is 30.6 Å². The fourth-order valence-electron chi connectivity index (χ4n) is 3.59. The molecule has 0 unspecified atom stereocenters. The molecule has 6 nitrogen and oxygen atoms in total. The van der Waals surface area contributed by atoms with Crippen LogP contribution in [0.2, 0.25) is 0 Å². The van der Waals surface area contributed by atoms with Crippen LogP contribution in [-0.2, 0) is 14.8 Å². The molecule has 10 heteroatoms. The minimum Gasteiger partial charge on any atom is -0.342 e. The maximum Gasteiger partial charge on any atom is 0.246 e. The molecule has 2 aliphatic heterocycles. The van der Waals surface area contributed by atoms with Gasteiger partial charge in [0.2, 0.25) is 15.9 Å². The number of nitrogens with zero attached hydrogens (tertiary/aromatic N) is 3. The summed E-state index contributed by atoms with van der Waals surface area (Å²) in [5, 5.41) is 0. The van der Waals surface area contributed by atoms with Crippen LogP contribution in [0.3, 0.4) is 0 Å². The molecule has 1 aromatic carbocycles. The largest absolute Gasteiger partial charge is 0.342 e. The molecule has 0 spiro atoms. The number of piperazine rings is 1. The van der Waals surface area contributed by atoms with Gasteiger partial charge < -0.3 is 4.90 Å². The molecule has 2 aliphatic rings. The lowest BCUT2D eigenvalue weighted by Crippen LogP contribution is -2.51. The van der Waals surface area contributed by atoms with Crippen molar-refractivity contribution in [1.82, 2.24) is 14.1 Å². The van der Waals surface area contributed by atoms with Gasteiger partial charge in [-0.05, 0) is 25.0 Å². The van der Waals surface area contributed by atoms with Crippen LogP contribution in [0.4, 0.5) is 13.2 Å². The van der Waals surface area contributed by atoms with E-state index in [0.29, 0.717) is 19.2 Å². The second-order valence-electron chi connectivity index (χ2n) is 7.15. The summed E-state index contributed by atoms with van der Waals surface area (Å²) in [5.74, 6) is -4.92. The zero-order valence-electron chi connectivity index (χ0n) is 15.5. The van der Waals surface area contributed by atoms with Crippen molar-refractivity contribution >= 4 is 15.9 Å². The van der Waals surface area contributed by atoms with E-state index in [1.54, 1.807) is 0 Å². The number of hydrogen-bond acceptors (Lipinski definition) is 4. The number of halogens is 3. The molecule has 2 fully saturated rings. The lowest BCUT2D eigenvalue weighted by molar-refractivity contribution is -0.132. The van der Waals surface area contributed by atoms with Gasteiger partial charge in [0, 0.05) is 39.3 Å². The van der Waals surface area contributed by atoms with Gasteiger partial charge in [0.25, 0.3) is 0 Å². The second-order valence-corrected chi connectivity index (χ2v) is 9.06. The van der Waals surface area contributed by atoms with Crippen molar-refractivity contribution in [2.24, 2.45) is 0 Å². The smallest absolute Gasteiger partial charge is 0.246 e. The molecule has 1 aromatic rings. The van der Waals surface area contributed by atoms with E-state index in [9.17, 15) is 26.4 Å². The molecular formula is C18H24F3N3O3S. The van der Waals surface area contributed by atoms with E-state index in [-0.39, 0.29) is 25.5 Å². The molecular weight excluding hydrogens is 395 g/mol. The quantitative estimate of drug-likeness (QED) is 0.699. The summed E-state index contributed by atoms with van der Waals surface area (Å²) in [4.78, 5) is 15.3. The number of carbonyl (C=O) groups is 1. The van der Waals surface area contributed by atoms with E-state index in [0.717, 1.165) is 49.1 Å². The van der Waals surface area contributed by atoms with Crippen LogP contribution in [0.15, 0.2) is 17.0 Å². The number of hydrogen-bond donors (Lipinski definition) is 0. The molecule has 0 aliphatic carbocycles. The fraction of sp³-hybridized carbons (Fsp3) is 0.611. The van der Waals surface area contributed by atoms with Crippen molar-refractivity contribution in [2.75, 3.05) is 45.8 Å². The number of benzene rings is 1. The standard InChI is InChI=1S/C18H24F3N3O3S/c19-14-5-6-15(18(21)17(14)20)28(26,27)24-11-9-22(10-12-24)13-16(25)23-7-3-1-2-4-8-23/h5-6H,1-4,7-13H2. The van der Waals surface area contributed by atoms with Gasteiger partial charge in [-0.15, -0.1) is 0 Å². The molecule has 1 amide bonds. The third kappa shape index (κ3) is 4.49. The average molecular weight is 419 g/mol. The van der Waals surface area contributed by atoms with Crippen LogP contribution in [0, 0.1) is 17.5 Å². The summed E-state index contributed by atoms with van der Waals surface area (Å²) in [6, 6.07) is 1.33. The molecule has 0 aromatic heterocycles. The van der Waals surface area contributed by atoms with E-state index < -0.39 is 32.4 Å². The Morgan fingerprint density at radius 2 is 1.46 bits per heavy atom. The summed E-state index contributed by atoms with van der Waals surface area (Å²) >= 11 is 0. The highest BCUT2D eigenvalue weighted by molar-refractivity contribution is 7.89. The summed E-state index contributed by atoms with van der Waals surface area (Å²) in [7, 11) is -4.28. The summed E-state index contributed by atoms with van der Waals surface area (Å²) in [6.45, 7) is 2.44.